The number of benzene rings is 2. The first-order valence-corrected chi connectivity index (χ1v) is 13.2. The summed E-state index contributed by atoms with van der Waals surface area (Å²) in [6, 6.07) is 11.8. The van der Waals surface area contributed by atoms with Crippen LogP contribution in [0.4, 0.5) is 0 Å². The molecule has 1 amide bonds. The van der Waals surface area contributed by atoms with Gasteiger partial charge in [-0.1, -0.05) is 32.9 Å². The molecule has 0 unspecified atom stereocenters. The smallest absolute Gasteiger partial charge is 0.255 e. The van der Waals surface area contributed by atoms with Gasteiger partial charge in [0.25, 0.3) is 5.91 Å². The monoisotopic (exact) mass is 488 g/mol. The minimum atomic E-state index is -3.69. The number of carbonyl (C=O) groups excluding carboxylic acids is 1. The number of methoxy groups -OCH3 is 2. The first-order valence-electron chi connectivity index (χ1n) is 11.8. The molecule has 1 heterocycles. The average molecular weight is 489 g/mol. The van der Waals surface area contributed by atoms with Crippen LogP contribution in [0.5, 0.6) is 11.5 Å². The van der Waals surface area contributed by atoms with Crippen molar-refractivity contribution in [2.45, 2.75) is 51.0 Å². The Morgan fingerprint density at radius 2 is 1.71 bits per heavy atom. The number of nitrogens with zero attached hydrogens (tertiary/aromatic N) is 1. The molecule has 0 spiro atoms. The quantitative estimate of drug-likeness (QED) is 0.556. The number of hydrogen-bond donors (Lipinski definition) is 1. The summed E-state index contributed by atoms with van der Waals surface area (Å²) in [6.07, 6.45) is 2.40. The topological polar surface area (TPSA) is 84.9 Å². The van der Waals surface area contributed by atoms with Crippen molar-refractivity contribution in [2.75, 3.05) is 27.3 Å². The third-order valence-electron chi connectivity index (χ3n) is 6.33. The highest BCUT2D eigenvalue weighted by Crippen LogP contribution is 2.29. The number of ether oxygens (including phenoxy) is 2. The number of amides is 1. The third kappa shape index (κ3) is 6.10. The summed E-state index contributed by atoms with van der Waals surface area (Å²) in [5, 5.41) is 3.09. The Morgan fingerprint density at radius 3 is 2.26 bits per heavy atom. The fourth-order valence-corrected chi connectivity index (χ4v) is 5.72. The zero-order valence-corrected chi connectivity index (χ0v) is 21.5. The maximum Gasteiger partial charge on any atom is 0.255 e. The number of carbonyl (C=O) groups is 1. The van der Waals surface area contributed by atoms with E-state index in [4.69, 9.17) is 9.47 Å². The molecular weight excluding hydrogens is 452 g/mol. The summed E-state index contributed by atoms with van der Waals surface area (Å²) in [5.74, 6) is 1.55. The second-order valence-electron chi connectivity index (χ2n) is 9.38. The fraction of sp³-hybridized carbons (Fsp3) is 0.500. The summed E-state index contributed by atoms with van der Waals surface area (Å²) in [6.45, 7) is 7.30. The van der Waals surface area contributed by atoms with E-state index in [-0.39, 0.29) is 22.4 Å². The molecule has 7 nitrogen and oxygen atoms in total. The summed E-state index contributed by atoms with van der Waals surface area (Å²) >= 11 is 0. The highest BCUT2D eigenvalue weighted by Gasteiger charge is 2.30. The van der Waals surface area contributed by atoms with Gasteiger partial charge in [0.05, 0.1) is 30.7 Å². The Morgan fingerprint density at radius 1 is 1.06 bits per heavy atom. The van der Waals surface area contributed by atoms with Gasteiger partial charge in [0.1, 0.15) is 11.5 Å². The zero-order chi connectivity index (χ0) is 24.9. The second kappa shape index (κ2) is 11.2. The van der Waals surface area contributed by atoms with E-state index in [1.165, 1.54) is 23.5 Å². The van der Waals surface area contributed by atoms with Crippen molar-refractivity contribution in [3.8, 4) is 11.5 Å². The van der Waals surface area contributed by atoms with Gasteiger partial charge in [-0.05, 0) is 67.0 Å². The predicted molar refractivity (Wildman–Crippen MR) is 133 cm³/mol. The van der Waals surface area contributed by atoms with Crippen molar-refractivity contribution in [3.05, 3.63) is 53.6 Å². The Hall–Kier alpha value is -2.58. The number of hydrogen-bond acceptors (Lipinski definition) is 5. The molecule has 8 heteroatoms. The van der Waals surface area contributed by atoms with Gasteiger partial charge in [0, 0.05) is 13.1 Å². The van der Waals surface area contributed by atoms with E-state index in [0.29, 0.717) is 30.7 Å². The van der Waals surface area contributed by atoms with Crippen LogP contribution in [0.2, 0.25) is 0 Å². The van der Waals surface area contributed by atoms with Crippen LogP contribution in [0, 0.1) is 11.8 Å². The van der Waals surface area contributed by atoms with Crippen molar-refractivity contribution in [2.24, 2.45) is 11.8 Å². The van der Waals surface area contributed by atoms with Crippen molar-refractivity contribution < 1.29 is 22.7 Å². The van der Waals surface area contributed by atoms with Crippen LogP contribution in [0.15, 0.2) is 47.4 Å². The molecule has 186 valence electrons. The molecule has 0 radical (unpaired) electrons. The molecule has 1 aliphatic rings. The minimum absolute atomic E-state index is 0.109. The molecule has 2 aromatic carbocycles. The number of sulfonamides is 1. The lowest BCUT2D eigenvalue weighted by atomic mass is 9.96. The van der Waals surface area contributed by atoms with Gasteiger partial charge in [0.15, 0.2) is 0 Å². The van der Waals surface area contributed by atoms with Crippen molar-refractivity contribution in [1.29, 1.82) is 0 Å². The van der Waals surface area contributed by atoms with Gasteiger partial charge in [-0.3, -0.25) is 4.79 Å². The van der Waals surface area contributed by atoms with Gasteiger partial charge < -0.3 is 14.8 Å². The molecule has 0 saturated carbocycles. The van der Waals surface area contributed by atoms with Crippen molar-refractivity contribution >= 4 is 15.9 Å². The molecule has 1 fully saturated rings. The van der Waals surface area contributed by atoms with Gasteiger partial charge >= 0.3 is 0 Å². The maximum absolute atomic E-state index is 13.4. The Bertz CT molecular complexity index is 1070. The molecular formula is C26H36N2O5S. The van der Waals surface area contributed by atoms with Crippen LogP contribution in [0.1, 0.15) is 62.0 Å². The zero-order valence-electron chi connectivity index (χ0n) is 20.7. The van der Waals surface area contributed by atoms with Gasteiger partial charge in [-0.15, -0.1) is 0 Å². The highest BCUT2D eigenvalue weighted by molar-refractivity contribution is 7.89. The number of piperidine rings is 1. The first-order chi connectivity index (χ1) is 16.1. The van der Waals surface area contributed by atoms with E-state index in [0.717, 1.165) is 30.6 Å². The van der Waals surface area contributed by atoms with E-state index >= 15 is 0 Å². The Balaban J connectivity index is 1.89. The van der Waals surface area contributed by atoms with E-state index in [2.05, 4.69) is 26.1 Å². The van der Waals surface area contributed by atoms with Gasteiger partial charge in [-0.2, -0.15) is 4.31 Å². The lowest BCUT2D eigenvalue weighted by molar-refractivity contribution is 0.0928. The fourth-order valence-electron chi connectivity index (χ4n) is 4.22. The molecule has 1 N–H and O–H groups in total. The van der Waals surface area contributed by atoms with Crippen molar-refractivity contribution in [1.82, 2.24) is 9.62 Å². The Kier molecular flexibility index (Phi) is 8.60. The highest BCUT2D eigenvalue weighted by atomic mass is 32.2. The largest absolute Gasteiger partial charge is 0.497 e. The van der Waals surface area contributed by atoms with Crippen LogP contribution in [0.3, 0.4) is 0 Å². The summed E-state index contributed by atoms with van der Waals surface area (Å²) in [7, 11) is -0.605. The first kappa shape index (κ1) is 26.0. The van der Waals surface area contributed by atoms with Crippen LogP contribution < -0.4 is 14.8 Å². The molecule has 34 heavy (non-hydrogen) atoms. The van der Waals surface area contributed by atoms with Crippen LogP contribution in [-0.4, -0.2) is 45.9 Å². The molecule has 1 atom stereocenters. The molecule has 1 aliphatic heterocycles. The standard InChI is InChI=1S/C26H36N2O5S/c1-18(2)16-24(20-6-8-21(32-4)9-7-20)27-26(29)23-17-22(10-11-25(23)33-5)34(30,31)28-14-12-19(3)13-15-28/h6-11,17-19,24H,12-16H2,1-5H3,(H,27,29)/t24-/m1/s1. The van der Waals surface area contributed by atoms with Gasteiger partial charge in [-0.25, -0.2) is 8.42 Å². The average Bonchev–Trinajstić information content (AvgIpc) is 2.83. The molecule has 0 bridgehead atoms. The molecule has 0 aliphatic carbocycles. The maximum atomic E-state index is 13.4. The summed E-state index contributed by atoms with van der Waals surface area (Å²) in [5.41, 5.74) is 1.16. The summed E-state index contributed by atoms with van der Waals surface area (Å²) < 4.78 is 38.7. The van der Waals surface area contributed by atoms with Crippen molar-refractivity contribution in [3.63, 3.8) is 0 Å². The molecule has 0 aromatic heterocycles. The molecule has 1 saturated heterocycles. The van der Waals surface area contributed by atoms with Crippen LogP contribution in [0.25, 0.3) is 0 Å². The SMILES string of the molecule is COc1ccc([C@@H](CC(C)C)NC(=O)c2cc(S(=O)(=O)N3CCC(C)CC3)ccc2OC)cc1. The van der Waals surface area contributed by atoms with Gasteiger partial charge in [0.2, 0.25) is 10.0 Å². The van der Waals surface area contributed by atoms with E-state index in [1.807, 2.05) is 24.3 Å². The number of nitrogens with one attached hydrogen (secondary N) is 1. The normalized spacial score (nSPS) is 16.3. The van der Waals surface area contributed by atoms with Crippen LogP contribution >= 0.6 is 0 Å². The summed E-state index contributed by atoms with van der Waals surface area (Å²) in [4.78, 5) is 13.5. The lowest BCUT2D eigenvalue weighted by Gasteiger charge is -2.29. The Labute approximate surface area is 203 Å². The van der Waals surface area contributed by atoms with E-state index < -0.39 is 10.0 Å². The second-order valence-corrected chi connectivity index (χ2v) is 11.3. The third-order valence-corrected chi connectivity index (χ3v) is 8.22. The van der Waals surface area contributed by atoms with E-state index in [9.17, 15) is 13.2 Å². The molecule has 3 rings (SSSR count). The van der Waals surface area contributed by atoms with E-state index in [1.54, 1.807) is 13.2 Å². The minimum Gasteiger partial charge on any atom is -0.497 e. The predicted octanol–water partition coefficient (Wildman–Crippen LogP) is 4.64. The lowest BCUT2D eigenvalue weighted by Crippen LogP contribution is -2.38. The molecule has 2 aromatic rings. The van der Waals surface area contributed by atoms with Crippen LogP contribution in [-0.2, 0) is 10.0 Å². The number of rotatable bonds is 9.